The zero-order valence-electron chi connectivity index (χ0n) is 17.9. The van der Waals surface area contributed by atoms with E-state index in [1.54, 1.807) is 13.2 Å². The number of hydrogen-bond acceptors (Lipinski definition) is 5. The first-order chi connectivity index (χ1) is 14.1. The van der Waals surface area contributed by atoms with Crippen LogP contribution >= 0.6 is 0 Å². The third-order valence-electron chi connectivity index (χ3n) is 5.68. The molecule has 0 aliphatic carbocycles. The van der Waals surface area contributed by atoms with Gasteiger partial charge in [0.05, 0.1) is 24.2 Å². The second kappa shape index (κ2) is 8.79. The summed E-state index contributed by atoms with van der Waals surface area (Å²) in [4.78, 5) is 24.8. The summed E-state index contributed by atoms with van der Waals surface area (Å²) >= 11 is 0. The molecule has 2 amide bonds. The summed E-state index contributed by atoms with van der Waals surface area (Å²) in [6.07, 6.45) is 2.28. The molecule has 30 heavy (non-hydrogen) atoms. The first kappa shape index (κ1) is 22.3. The van der Waals surface area contributed by atoms with Crippen molar-refractivity contribution in [2.75, 3.05) is 18.1 Å². The molecule has 0 radical (unpaired) electrons. The molecule has 1 saturated heterocycles. The van der Waals surface area contributed by atoms with Gasteiger partial charge in [0.25, 0.3) is 0 Å². The van der Waals surface area contributed by atoms with Gasteiger partial charge in [0.2, 0.25) is 11.8 Å². The standard InChI is InChI=1S/C22H30N2O5S/c1-13(2)18-9-19-17(11-29-20(19)7-14(18)3)8-21(25)24-15(4)22(26)23-10-16-5-6-30(27,28)12-16/h7,9,11,13,15-16H,5-6,8,10,12H2,1-4H3,(H,23,26)(H,24,25). The molecule has 7 nitrogen and oxygen atoms in total. The summed E-state index contributed by atoms with van der Waals surface area (Å²) < 4.78 is 28.6. The zero-order valence-corrected chi connectivity index (χ0v) is 18.8. The Morgan fingerprint density at radius 2 is 1.97 bits per heavy atom. The van der Waals surface area contributed by atoms with E-state index in [0.29, 0.717) is 18.9 Å². The van der Waals surface area contributed by atoms with E-state index < -0.39 is 15.9 Å². The van der Waals surface area contributed by atoms with Crippen molar-refractivity contribution in [2.45, 2.75) is 52.5 Å². The molecule has 8 heteroatoms. The number of nitrogens with one attached hydrogen (secondary N) is 2. The molecule has 2 N–H and O–H groups in total. The third-order valence-corrected chi connectivity index (χ3v) is 7.51. The van der Waals surface area contributed by atoms with Crippen molar-refractivity contribution in [1.82, 2.24) is 10.6 Å². The molecule has 2 atom stereocenters. The Morgan fingerprint density at radius 1 is 1.23 bits per heavy atom. The van der Waals surface area contributed by atoms with Crippen LogP contribution in [0.25, 0.3) is 11.0 Å². The highest BCUT2D eigenvalue weighted by Gasteiger charge is 2.28. The van der Waals surface area contributed by atoms with Crippen LogP contribution in [0, 0.1) is 12.8 Å². The van der Waals surface area contributed by atoms with Gasteiger partial charge in [0.1, 0.15) is 11.6 Å². The Morgan fingerprint density at radius 3 is 2.60 bits per heavy atom. The van der Waals surface area contributed by atoms with Crippen LogP contribution in [0.3, 0.4) is 0 Å². The molecule has 1 fully saturated rings. The van der Waals surface area contributed by atoms with Gasteiger partial charge in [-0.15, -0.1) is 0 Å². The molecule has 1 aromatic carbocycles. The van der Waals surface area contributed by atoms with Crippen LogP contribution in [0.15, 0.2) is 22.8 Å². The summed E-state index contributed by atoms with van der Waals surface area (Å²) in [5.41, 5.74) is 3.90. The van der Waals surface area contributed by atoms with E-state index in [1.807, 2.05) is 13.0 Å². The number of benzene rings is 1. The number of rotatable bonds is 7. The van der Waals surface area contributed by atoms with Gasteiger partial charge in [0.15, 0.2) is 9.84 Å². The lowest BCUT2D eigenvalue weighted by Crippen LogP contribution is -2.46. The lowest BCUT2D eigenvalue weighted by atomic mass is 9.95. The van der Waals surface area contributed by atoms with E-state index in [0.717, 1.165) is 22.1 Å². The van der Waals surface area contributed by atoms with Gasteiger partial charge in [-0.1, -0.05) is 13.8 Å². The summed E-state index contributed by atoms with van der Waals surface area (Å²) in [5.74, 6) is 0.0101. The summed E-state index contributed by atoms with van der Waals surface area (Å²) in [7, 11) is -2.97. The number of sulfone groups is 1. The number of carbonyl (C=O) groups excluding carboxylic acids is 2. The number of furan rings is 1. The maximum absolute atomic E-state index is 12.5. The van der Waals surface area contributed by atoms with Crippen LogP contribution < -0.4 is 10.6 Å². The van der Waals surface area contributed by atoms with E-state index in [-0.39, 0.29) is 35.7 Å². The Balaban J connectivity index is 1.57. The van der Waals surface area contributed by atoms with Gasteiger partial charge in [-0.3, -0.25) is 9.59 Å². The van der Waals surface area contributed by atoms with E-state index in [1.165, 1.54) is 5.56 Å². The van der Waals surface area contributed by atoms with Crippen molar-refractivity contribution in [2.24, 2.45) is 5.92 Å². The van der Waals surface area contributed by atoms with Crippen LogP contribution in [0.2, 0.25) is 0 Å². The first-order valence-electron chi connectivity index (χ1n) is 10.3. The molecular weight excluding hydrogens is 404 g/mol. The van der Waals surface area contributed by atoms with E-state index in [9.17, 15) is 18.0 Å². The number of carbonyl (C=O) groups is 2. The number of hydrogen-bond donors (Lipinski definition) is 2. The molecule has 2 aromatic rings. The van der Waals surface area contributed by atoms with Crippen LogP contribution in [-0.4, -0.2) is 44.3 Å². The van der Waals surface area contributed by atoms with Crippen molar-refractivity contribution in [3.63, 3.8) is 0 Å². The van der Waals surface area contributed by atoms with Crippen molar-refractivity contribution in [3.8, 4) is 0 Å². The minimum atomic E-state index is -2.97. The molecule has 1 aromatic heterocycles. The molecule has 164 valence electrons. The molecule has 2 heterocycles. The quantitative estimate of drug-likeness (QED) is 0.696. The fourth-order valence-corrected chi connectivity index (χ4v) is 5.83. The first-order valence-corrected chi connectivity index (χ1v) is 12.2. The topological polar surface area (TPSA) is 105 Å². The van der Waals surface area contributed by atoms with E-state index >= 15 is 0 Å². The Hall–Kier alpha value is -2.35. The number of amides is 2. The highest BCUT2D eigenvalue weighted by molar-refractivity contribution is 7.91. The van der Waals surface area contributed by atoms with Crippen LogP contribution in [0.4, 0.5) is 0 Å². The predicted octanol–water partition coefficient (Wildman–Crippen LogP) is 2.46. The SMILES string of the molecule is Cc1cc2occ(CC(=O)NC(C)C(=O)NCC3CCS(=O)(=O)C3)c2cc1C(C)C. The minimum Gasteiger partial charge on any atom is -0.464 e. The molecule has 1 aliphatic heterocycles. The van der Waals surface area contributed by atoms with Gasteiger partial charge in [-0.25, -0.2) is 8.42 Å². The van der Waals surface area contributed by atoms with Gasteiger partial charge in [-0.2, -0.15) is 0 Å². The lowest BCUT2D eigenvalue weighted by Gasteiger charge is -2.16. The molecule has 0 spiro atoms. The van der Waals surface area contributed by atoms with Crippen LogP contribution in [0.1, 0.15) is 49.8 Å². The van der Waals surface area contributed by atoms with E-state index in [4.69, 9.17) is 4.42 Å². The highest BCUT2D eigenvalue weighted by Crippen LogP contribution is 2.29. The fraction of sp³-hybridized carbons (Fsp3) is 0.545. The lowest BCUT2D eigenvalue weighted by molar-refractivity contribution is -0.128. The second-order valence-corrected chi connectivity index (χ2v) is 10.8. The monoisotopic (exact) mass is 434 g/mol. The largest absolute Gasteiger partial charge is 0.464 e. The van der Waals surface area contributed by atoms with Crippen LogP contribution in [0.5, 0.6) is 0 Å². The molecular formula is C22H30N2O5S. The van der Waals surface area contributed by atoms with Crippen molar-refractivity contribution < 1.29 is 22.4 Å². The predicted molar refractivity (Wildman–Crippen MR) is 116 cm³/mol. The molecule has 2 unspecified atom stereocenters. The number of aryl methyl sites for hydroxylation is 1. The smallest absolute Gasteiger partial charge is 0.242 e. The number of fused-ring (bicyclic) bond motifs is 1. The van der Waals surface area contributed by atoms with Crippen molar-refractivity contribution in [1.29, 1.82) is 0 Å². The minimum absolute atomic E-state index is 0.0576. The molecule has 1 aliphatic rings. The highest BCUT2D eigenvalue weighted by atomic mass is 32.2. The average molecular weight is 435 g/mol. The normalized spacial score (nSPS) is 19.2. The summed E-state index contributed by atoms with van der Waals surface area (Å²) in [5, 5.41) is 6.37. The molecule has 3 rings (SSSR count). The Kier molecular flexibility index (Phi) is 6.55. The zero-order chi connectivity index (χ0) is 22.1. The molecule has 0 saturated carbocycles. The van der Waals surface area contributed by atoms with Gasteiger partial charge in [-0.05, 0) is 55.4 Å². The average Bonchev–Trinajstić information content (AvgIpc) is 3.20. The fourth-order valence-electron chi connectivity index (χ4n) is 3.97. The summed E-state index contributed by atoms with van der Waals surface area (Å²) in [6, 6.07) is 3.36. The van der Waals surface area contributed by atoms with E-state index in [2.05, 4.69) is 30.5 Å². The maximum Gasteiger partial charge on any atom is 0.242 e. The second-order valence-electron chi connectivity index (χ2n) is 8.60. The van der Waals surface area contributed by atoms with Crippen molar-refractivity contribution >= 4 is 32.6 Å². The van der Waals surface area contributed by atoms with Crippen molar-refractivity contribution in [3.05, 3.63) is 35.1 Å². The third kappa shape index (κ3) is 5.22. The summed E-state index contributed by atoms with van der Waals surface area (Å²) in [6.45, 7) is 8.23. The molecule has 0 bridgehead atoms. The Labute approximate surface area is 177 Å². The van der Waals surface area contributed by atoms with Gasteiger partial charge < -0.3 is 15.1 Å². The van der Waals surface area contributed by atoms with Gasteiger partial charge >= 0.3 is 0 Å². The maximum atomic E-state index is 12.5. The Bertz CT molecular complexity index is 1050. The van der Waals surface area contributed by atoms with Crippen LogP contribution in [-0.2, 0) is 25.8 Å². The van der Waals surface area contributed by atoms with Gasteiger partial charge in [0, 0.05) is 17.5 Å².